The number of sulfonamides is 1. The first-order valence-electron chi connectivity index (χ1n) is 8.47. The van der Waals surface area contributed by atoms with E-state index in [1.54, 1.807) is 21.9 Å². The summed E-state index contributed by atoms with van der Waals surface area (Å²) in [5, 5.41) is 1.63. The molecule has 1 saturated heterocycles. The highest BCUT2D eigenvalue weighted by atomic mass is 32.2. The second-order valence-corrected chi connectivity index (χ2v) is 8.66. The van der Waals surface area contributed by atoms with Crippen molar-refractivity contribution in [1.29, 1.82) is 0 Å². The van der Waals surface area contributed by atoms with Gasteiger partial charge in [-0.3, -0.25) is 14.3 Å². The molecule has 0 atom stereocenters. The van der Waals surface area contributed by atoms with Crippen LogP contribution in [0.2, 0.25) is 0 Å². The van der Waals surface area contributed by atoms with Crippen molar-refractivity contribution < 1.29 is 22.7 Å². The summed E-state index contributed by atoms with van der Waals surface area (Å²) in [6.07, 6.45) is 0. The predicted molar refractivity (Wildman–Crippen MR) is 104 cm³/mol. The molecule has 9 nitrogen and oxygen atoms in total. The first-order chi connectivity index (χ1) is 13.3. The molecular weight excluding hydrogens is 404 g/mol. The Labute approximate surface area is 167 Å². The first-order valence-corrected chi connectivity index (χ1v) is 10.8. The highest BCUT2D eigenvalue weighted by molar-refractivity contribution is 7.93. The fourth-order valence-electron chi connectivity index (χ4n) is 2.73. The van der Waals surface area contributed by atoms with Crippen LogP contribution in [0.4, 0.5) is 5.13 Å². The highest BCUT2D eigenvalue weighted by Gasteiger charge is 2.25. The average Bonchev–Trinajstić information content (AvgIpc) is 3.15. The number of methoxy groups -OCH3 is 1. The molecule has 0 spiro atoms. The number of rotatable bonds is 5. The van der Waals surface area contributed by atoms with E-state index in [2.05, 4.69) is 9.71 Å². The van der Waals surface area contributed by atoms with E-state index in [1.807, 2.05) is 0 Å². The summed E-state index contributed by atoms with van der Waals surface area (Å²) in [5.74, 6) is 0.247. The van der Waals surface area contributed by atoms with Gasteiger partial charge in [0.1, 0.15) is 11.4 Å². The molecule has 150 valence electrons. The lowest BCUT2D eigenvalue weighted by atomic mass is 10.3. The monoisotopic (exact) mass is 424 g/mol. The van der Waals surface area contributed by atoms with Gasteiger partial charge in [0.2, 0.25) is 5.91 Å². The number of amides is 2. The van der Waals surface area contributed by atoms with Gasteiger partial charge in [0.05, 0.1) is 12.0 Å². The third-order valence-corrected chi connectivity index (χ3v) is 6.57. The lowest BCUT2D eigenvalue weighted by Crippen LogP contribution is -2.50. The Balaban J connectivity index is 1.66. The number of anilines is 1. The molecule has 1 aromatic heterocycles. The van der Waals surface area contributed by atoms with Crippen LogP contribution in [0.15, 0.2) is 34.5 Å². The molecule has 11 heteroatoms. The van der Waals surface area contributed by atoms with Gasteiger partial charge in [0, 0.05) is 38.5 Å². The molecule has 0 radical (unpaired) electrons. The van der Waals surface area contributed by atoms with E-state index >= 15 is 0 Å². The summed E-state index contributed by atoms with van der Waals surface area (Å²) in [5.41, 5.74) is 0.175. The van der Waals surface area contributed by atoms with Crippen LogP contribution < -0.4 is 9.46 Å². The van der Waals surface area contributed by atoms with Crippen molar-refractivity contribution in [2.75, 3.05) is 38.0 Å². The van der Waals surface area contributed by atoms with Gasteiger partial charge in [-0.1, -0.05) is 0 Å². The summed E-state index contributed by atoms with van der Waals surface area (Å²) in [6.45, 7) is 3.29. The normalized spacial score (nSPS) is 14.6. The Kier molecular flexibility index (Phi) is 5.84. The lowest BCUT2D eigenvalue weighted by molar-refractivity contribution is -0.130. The Morgan fingerprint density at radius 3 is 2.29 bits per heavy atom. The van der Waals surface area contributed by atoms with Crippen LogP contribution in [0.1, 0.15) is 17.4 Å². The van der Waals surface area contributed by atoms with Crippen molar-refractivity contribution in [3.8, 4) is 5.75 Å². The SMILES string of the molecule is COc1ccc(S(=O)(=O)Nc2nc(C(=O)N3CCN(C(C)=O)CC3)cs2)cc1. The van der Waals surface area contributed by atoms with Gasteiger partial charge in [-0.05, 0) is 24.3 Å². The van der Waals surface area contributed by atoms with E-state index in [1.165, 1.54) is 31.5 Å². The van der Waals surface area contributed by atoms with E-state index < -0.39 is 10.0 Å². The standard InChI is InChI=1S/C17H20N4O5S2/c1-12(22)20-7-9-21(10-8-20)16(23)15-11-27-17(18-15)19-28(24,25)14-5-3-13(26-2)4-6-14/h3-6,11H,7-10H2,1-2H3,(H,18,19). The number of carbonyl (C=O) groups is 2. The smallest absolute Gasteiger partial charge is 0.273 e. The zero-order chi connectivity index (χ0) is 20.3. The number of hydrogen-bond donors (Lipinski definition) is 1. The van der Waals surface area contributed by atoms with E-state index in [0.717, 1.165) is 11.3 Å². The molecule has 1 aliphatic rings. The Morgan fingerprint density at radius 1 is 1.11 bits per heavy atom. The summed E-state index contributed by atoms with van der Waals surface area (Å²) in [7, 11) is -2.32. The number of aromatic nitrogens is 1. The van der Waals surface area contributed by atoms with Gasteiger partial charge >= 0.3 is 0 Å². The maximum absolute atomic E-state index is 12.6. The summed E-state index contributed by atoms with van der Waals surface area (Å²) < 4.78 is 32.3. The lowest BCUT2D eigenvalue weighted by Gasteiger charge is -2.33. The number of ether oxygens (including phenoxy) is 1. The van der Waals surface area contributed by atoms with E-state index in [4.69, 9.17) is 4.74 Å². The minimum Gasteiger partial charge on any atom is -0.497 e. The number of piperazine rings is 1. The van der Waals surface area contributed by atoms with Crippen LogP contribution in [0.25, 0.3) is 0 Å². The second-order valence-electron chi connectivity index (χ2n) is 6.12. The van der Waals surface area contributed by atoms with Gasteiger partial charge < -0.3 is 14.5 Å². The van der Waals surface area contributed by atoms with Crippen molar-refractivity contribution >= 4 is 38.3 Å². The Morgan fingerprint density at radius 2 is 1.71 bits per heavy atom. The molecule has 28 heavy (non-hydrogen) atoms. The predicted octanol–water partition coefficient (Wildman–Crippen LogP) is 1.26. The van der Waals surface area contributed by atoms with Crippen LogP contribution >= 0.6 is 11.3 Å². The van der Waals surface area contributed by atoms with Crippen molar-refractivity contribution in [3.63, 3.8) is 0 Å². The first kappa shape index (κ1) is 20.1. The minimum absolute atomic E-state index is 0.0176. The summed E-state index contributed by atoms with van der Waals surface area (Å²) in [6, 6.07) is 5.95. The fraction of sp³-hybridized carbons (Fsp3) is 0.353. The largest absolute Gasteiger partial charge is 0.497 e. The summed E-state index contributed by atoms with van der Waals surface area (Å²) >= 11 is 1.04. The maximum atomic E-state index is 12.6. The summed E-state index contributed by atoms with van der Waals surface area (Å²) in [4.78, 5) is 31.4. The molecule has 0 bridgehead atoms. The minimum atomic E-state index is -3.82. The van der Waals surface area contributed by atoms with Crippen LogP contribution in [0.5, 0.6) is 5.75 Å². The van der Waals surface area contributed by atoms with Gasteiger partial charge in [-0.15, -0.1) is 11.3 Å². The molecule has 1 fully saturated rings. The number of thiazole rings is 1. The zero-order valence-electron chi connectivity index (χ0n) is 15.4. The molecule has 0 unspecified atom stereocenters. The number of hydrogen-bond acceptors (Lipinski definition) is 7. The van der Waals surface area contributed by atoms with Crippen molar-refractivity contribution in [1.82, 2.24) is 14.8 Å². The van der Waals surface area contributed by atoms with Crippen LogP contribution in [0.3, 0.4) is 0 Å². The molecular formula is C17H20N4O5S2. The van der Waals surface area contributed by atoms with Gasteiger partial charge in [-0.2, -0.15) is 0 Å². The number of benzene rings is 1. The highest BCUT2D eigenvalue weighted by Crippen LogP contribution is 2.22. The van der Waals surface area contributed by atoms with Crippen LogP contribution in [-0.2, 0) is 14.8 Å². The Hall–Kier alpha value is -2.66. The molecule has 2 aromatic rings. The number of nitrogens with zero attached hydrogens (tertiary/aromatic N) is 3. The van der Waals surface area contributed by atoms with Gasteiger partial charge in [0.15, 0.2) is 5.13 Å². The molecule has 0 aliphatic carbocycles. The average molecular weight is 425 g/mol. The van der Waals surface area contributed by atoms with Crippen molar-refractivity contribution in [3.05, 3.63) is 35.3 Å². The van der Waals surface area contributed by atoms with E-state index in [0.29, 0.717) is 31.9 Å². The van der Waals surface area contributed by atoms with Gasteiger partial charge in [0.25, 0.3) is 15.9 Å². The Bertz CT molecular complexity index is 964. The van der Waals surface area contributed by atoms with Crippen LogP contribution in [0, 0.1) is 0 Å². The molecule has 2 heterocycles. The third-order valence-electron chi connectivity index (χ3n) is 4.33. The third kappa shape index (κ3) is 4.42. The number of carbonyl (C=O) groups excluding carboxylic acids is 2. The quantitative estimate of drug-likeness (QED) is 0.774. The van der Waals surface area contributed by atoms with Gasteiger partial charge in [-0.25, -0.2) is 13.4 Å². The molecule has 2 amide bonds. The molecule has 0 saturated carbocycles. The number of nitrogens with one attached hydrogen (secondary N) is 1. The second kappa shape index (κ2) is 8.15. The molecule has 1 N–H and O–H groups in total. The van der Waals surface area contributed by atoms with Crippen molar-refractivity contribution in [2.45, 2.75) is 11.8 Å². The van der Waals surface area contributed by atoms with Crippen LogP contribution in [-0.4, -0.2) is 68.3 Å². The zero-order valence-corrected chi connectivity index (χ0v) is 17.0. The van der Waals surface area contributed by atoms with Crippen molar-refractivity contribution in [2.24, 2.45) is 0 Å². The molecule has 1 aliphatic heterocycles. The maximum Gasteiger partial charge on any atom is 0.273 e. The van der Waals surface area contributed by atoms with E-state index in [9.17, 15) is 18.0 Å². The molecule has 1 aromatic carbocycles. The molecule has 3 rings (SSSR count). The topological polar surface area (TPSA) is 109 Å². The fourth-order valence-corrected chi connectivity index (χ4v) is 4.67. The van der Waals surface area contributed by atoms with E-state index in [-0.39, 0.29) is 27.5 Å².